The molecule has 17 heavy (non-hydrogen) atoms. The average Bonchev–Trinajstić information content (AvgIpc) is 2.61. The summed E-state index contributed by atoms with van der Waals surface area (Å²) in [6, 6.07) is 3.86. The van der Waals surface area contributed by atoms with E-state index in [1.54, 1.807) is 10.8 Å². The predicted octanol–water partition coefficient (Wildman–Crippen LogP) is 2.06. The van der Waals surface area contributed by atoms with Crippen molar-refractivity contribution in [3.8, 4) is 0 Å². The van der Waals surface area contributed by atoms with Crippen LogP contribution in [0.3, 0.4) is 0 Å². The van der Waals surface area contributed by atoms with Crippen LogP contribution in [0.15, 0.2) is 18.3 Å². The Balaban J connectivity index is 2.88. The Bertz CT molecular complexity index is 638. The fourth-order valence-electron chi connectivity index (χ4n) is 2.20. The highest BCUT2D eigenvalue weighted by atomic mass is 16.4. The molecule has 1 heterocycles. The van der Waals surface area contributed by atoms with Crippen molar-refractivity contribution in [3.05, 3.63) is 35.0 Å². The molecule has 0 atom stereocenters. The first-order chi connectivity index (χ1) is 7.93. The lowest BCUT2D eigenvalue weighted by atomic mass is 10.0. The van der Waals surface area contributed by atoms with Gasteiger partial charge in [0.05, 0.1) is 11.1 Å². The van der Waals surface area contributed by atoms with Crippen LogP contribution in [-0.2, 0) is 11.8 Å². The van der Waals surface area contributed by atoms with Gasteiger partial charge in [-0.3, -0.25) is 4.79 Å². The van der Waals surface area contributed by atoms with Gasteiger partial charge in [0, 0.05) is 18.6 Å². The zero-order valence-electron chi connectivity index (χ0n) is 9.94. The van der Waals surface area contributed by atoms with Crippen LogP contribution in [0.1, 0.15) is 21.5 Å². The molecule has 0 saturated carbocycles. The third kappa shape index (κ3) is 1.62. The number of aliphatic carboxylic acids is 1. The Morgan fingerprint density at radius 3 is 2.35 bits per heavy atom. The predicted molar refractivity (Wildman–Crippen MR) is 64.4 cm³/mol. The van der Waals surface area contributed by atoms with Crippen LogP contribution in [0, 0.1) is 13.8 Å². The fourth-order valence-corrected chi connectivity index (χ4v) is 2.20. The van der Waals surface area contributed by atoms with Crippen molar-refractivity contribution in [1.29, 1.82) is 0 Å². The molecule has 0 amide bonds. The number of carbonyl (C=O) groups excluding carboxylic acids is 1. The molecule has 0 spiro atoms. The van der Waals surface area contributed by atoms with E-state index in [1.165, 1.54) is 0 Å². The number of carboxylic acids is 1. The number of hydrogen-bond acceptors (Lipinski definition) is 2. The van der Waals surface area contributed by atoms with Crippen molar-refractivity contribution in [2.75, 3.05) is 0 Å². The van der Waals surface area contributed by atoms with Gasteiger partial charge in [0.15, 0.2) is 0 Å². The molecule has 0 fully saturated rings. The third-order valence-electron chi connectivity index (χ3n) is 2.97. The Hall–Kier alpha value is -2.10. The normalized spacial score (nSPS) is 10.8. The summed E-state index contributed by atoms with van der Waals surface area (Å²) in [6.45, 7) is 3.82. The lowest BCUT2D eigenvalue weighted by Crippen LogP contribution is -2.12. The number of aromatic nitrogens is 1. The van der Waals surface area contributed by atoms with Crippen LogP contribution < -0.4 is 0 Å². The maximum absolute atomic E-state index is 11.6. The van der Waals surface area contributed by atoms with E-state index < -0.39 is 11.8 Å². The quantitative estimate of drug-likeness (QED) is 0.635. The molecule has 0 bridgehead atoms. The van der Waals surface area contributed by atoms with E-state index in [9.17, 15) is 9.59 Å². The molecule has 1 N–H and O–H groups in total. The van der Waals surface area contributed by atoms with Gasteiger partial charge in [-0.2, -0.15) is 0 Å². The molecule has 0 aliphatic heterocycles. The molecule has 0 saturated heterocycles. The Morgan fingerprint density at radius 2 is 1.76 bits per heavy atom. The van der Waals surface area contributed by atoms with Crippen LogP contribution in [0.5, 0.6) is 0 Å². The zero-order chi connectivity index (χ0) is 12.7. The summed E-state index contributed by atoms with van der Waals surface area (Å²) in [6.07, 6.45) is 1.58. The molecule has 4 heteroatoms. The minimum atomic E-state index is -1.42. The summed E-state index contributed by atoms with van der Waals surface area (Å²) in [7, 11) is 1.81. The van der Waals surface area contributed by atoms with Crippen LogP contribution in [-0.4, -0.2) is 21.4 Å². The molecule has 0 unspecified atom stereocenters. The van der Waals surface area contributed by atoms with Gasteiger partial charge in [-0.1, -0.05) is 12.1 Å². The Kier molecular flexibility index (Phi) is 2.50. The van der Waals surface area contributed by atoms with E-state index in [0.717, 1.165) is 22.0 Å². The Morgan fingerprint density at radius 1 is 1.18 bits per heavy atom. The minimum Gasteiger partial charge on any atom is -0.475 e. The smallest absolute Gasteiger partial charge is 0.377 e. The van der Waals surface area contributed by atoms with Gasteiger partial charge in [0.1, 0.15) is 0 Å². The lowest BCUT2D eigenvalue weighted by molar-refractivity contribution is -0.131. The second kappa shape index (κ2) is 3.73. The van der Waals surface area contributed by atoms with Gasteiger partial charge in [-0.15, -0.1) is 0 Å². The number of nitrogens with zero attached hydrogens (tertiary/aromatic N) is 1. The molecule has 1 aromatic carbocycles. The van der Waals surface area contributed by atoms with E-state index in [4.69, 9.17) is 5.11 Å². The zero-order valence-corrected chi connectivity index (χ0v) is 9.94. The monoisotopic (exact) mass is 231 g/mol. The highest BCUT2D eigenvalue weighted by molar-refractivity contribution is 6.42. The first kappa shape index (κ1) is 11.4. The number of hydrogen-bond donors (Lipinski definition) is 1. The molecule has 0 radical (unpaired) electrons. The van der Waals surface area contributed by atoms with Crippen molar-refractivity contribution in [1.82, 2.24) is 4.57 Å². The number of ketones is 1. The van der Waals surface area contributed by atoms with E-state index in [-0.39, 0.29) is 5.56 Å². The maximum atomic E-state index is 11.6. The van der Waals surface area contributed by atoms with Gasteiger partial charge in [-0.05, 0) is 25.0 Å². The van der Waals surface area contributed by atoms with E-state index in [0.29, 0.717) is 0 Å². The minimum absolute atomic E-state index is 0.260. The van der Waals surface area contributed by atoms with Crippen molar-refractivity contribution in [2.24, 2.45) is 7.05 Å². The van der Waals surface area contributed by atoms with Crippen LogP contribution in [0.25, 0.3) is 10.9 Å². The van der Waals surface area contributed by atoms with Gasteiger partial charge < -0.3 is 9.67 Å². The molecule has 0 aliphatic rings. The Labute approximate surface area is 98.5 Å². The van der Waals surface area contributed by atoms with E-state index in [1.807, 2.05) is 33.0 Å². The van der Waals surface area contributed by atoms with Gasteiger partial charge in [0.2, 0.25) is 0 Å². The summed E-state index contributed by atoms with van der Waals surface area (Å²) < 4.78 is 1.80. The summed E-state index contributed by atoms with van der Waals surface area (Å²) in [5.41, 5.74) is 3.11. The average molecular weight is 231 g/mol. The van der Waals surface area contributed by atoms with Crippen molar-refractivity contribution in [3.63, 3.8) is 0 Å². The molecule has 0 aliphatic carbocycles. The number of carbonyl (C=O) groups is 2. The highest BCUT2D eigenvalue weighted by Gasteiger charge is 2.21. The second-order valence-electron chi connectivity index (χ2n) is 4.21. The topological polar surface area (TPSA) is 59.3 Å². The molecular weight excluding hydrogens is 218 g/mol. The summed E-state index contributed by atoms with van der Waals surface area (Å²) in [5, 5.41) is 9.54. The fraction of sp³-hybridized carbons (Fsp3) is 0.231. The van der Waals surface area contributed by atoms with Gasteiger partial charge in [-0.25, -0.2) is 4.79 Å². The van der Waals surface area contributed by atoms with Gasteiger partial charge >= 0.3 is 5.97 Å². The van der Waals surface area contributed by atoms with E-state index >= 15 is 0 Å². The maximum Gasteiger partial charge on any atom is 0.377 e. The molecule has 1 aromatic heterocycles. The molecule has 4 nitrogen and oxygen atoms in total. The number of rotatable bonds is 2. The summed E-state index contributed by atoms with van der Waals surface area (Å²) in [4.78, 5) is 22.4. The van der Waals surface area contributed by atoms with Crippen molar-refractivity contribution >= 4 is 22.7 Å². The number of fused-ring (bicyclic) bond motifs is 1. The molecule has 2 aromatic rings. The summed E-state index contributed by atoms with van der Waals surface area (Å²) >= 11 is 0. The largest absolute Gasteiger partial charge is 0.475 e. The number of carboxylic acid groups (broad SMARTS) is 1. The highest BCUT2D eigenvalue weighted by Crippen LogP contribution is 2.27. The first-order valence-corrected chi connectivity index (χ1v) is 5.26. The van der Waals surface area contributed by atoms with Crippen molar-refractivity contribution < 1.29 is 14.7 Å². The number of benzene rings is 1. The van der Waals surface area contributed by atoms with Crippen LogP contribution >= 0.6 is 0 Å². The molecule has 2 rings (SSSR count). The van der Waals surface area contributed by atoms with Crippen LogP contribution in [0.2, 0.25) is 0 Å². The summed E-state index contributed by atoms with van der Waals surface area (Å²) in [5.74, 6) is -2.28. The van der Waals surface area contributed by atoms with Crippen LogP contribution in [0.4, 0.5) is 0 Å². The molecular formula is C13H13NO3. The lowest BCUT2D eigenvalue weighted by Gasteiger charge is -2.03. The second-order valence-corrected chi connectivity index (χ2v) is 4.21. The number of Topliss-reactive ketones (excluding diaryl/α,β-unsaturated/α-hetero) is 1. The number of aryl methyl sites for hydroxylation is 3. The van der Waals surface area contributed by atoms with Gasteiger partial charge in [0.25, 0.3) is 5.78 Å². The van der Waals surface area contributed by atoms with E-state index in [2.05, 4.69) is 0 Å². The third-order valence-corrected chi connectivity index (χ3v) is 2.97. The van der Waals surface area contributed by atoms with Crippen molar-refractivity contribution in [2.45, 2.75) is 13.8 Å². The molecule has 88 valence electrons. The SMILES string of the molecule is Cc1ccc(C)c2c1c(C(=O)C(=O)O)cn2C. The standard InChI is InChI=1S/C13H13NO3/c1-7-4-5-8(2)11-10(7)9(6-14(11)3)12(15)13(16)17/h4-6H,1-3H3,(H,16,17). The first-order valence-electron chi connectivity index (χ1n) is 5.26.